The van der Waals surface area contributed by atoms with Crippen molar-refractivity contribution in [1.29, 1.82) is 0 Å². The van der Waals surface area contributed by atoms with Crippen LogP contribution in [0.2, 0.25) is 0 Å². The summed E-state index contributed by atoms with van der Waals surface area (Å²) in [5.74, 6) is 0.568. The molecule has 0 saturated heterocycles. The molecule has 0 fully saturated rings. The SMILES string of the molecule is CCOc1cccc(C=NNc2ccc(C)cc2C)c1O. The first-order chi connectivity index (χ1) is 10.1. The van der Waals surface area contributed by atoms with Gasteiger partial charge in [-0.15, -0.1) is 0 Å². The molecule has 0 spiro atoms. The maximum Gasteiger partial charge on any atom is 0.166 e. The molecule has 0 amide bonds. The lowest BCUT2D eigenvalue weighted by atomic mass is 10.1. The fourth-order valence-electron chi connectivity index (χ4n) is 2.03. The van der Waals surface area contributed by atoms with E-state index in [4.69, 9.17) is 4.74 Å². The standard InChI is InChI=1S/C17H20N2O2/c1-4-21-16-7-5-6-14(17(16)20)11-18-19-15-9-8-12(2)10-13(15)3/h5-11,19-20H,4H2,1-3H3. The first kappa shape index (κ1) is 14.9. The first-order valence-electron chi connectivity index (χ1n) is 6.93. The summed E-state index contributed by atoms with van der Waals surface area (Å²) >= 11 is 0. The Morgan fingerprint density at radius 1 is 1.24 bits per heavy atom. The molecule has 2 aromatic rings. The number of anilines is 1. The van der Waals surface area contributed by atoms with Crippen LogP contribution in [-0.4, -0.2) is 17.9 Å². The second-order valence-corrected chi connectivity index (χ2v) is 4.82. The Morgan fingerprint density at radius 2 is 2.05 bits per heavy atom. The van der Waals surface area contributed by atoms with E-state index in [1.165, 1.54) is 5.56 Å². The highest BCUT2D eigenvalue weighted by molar-refractivity contribution is 5.85. The predicted octanol–water partition coefficient (Wildman–Crippen LogP) is 3.85. The zero-order valence-electron chi connectivity index (χ0n) is 12.6. The summed E-state index contributed by atoms with van der Waals surface area (Å²) in [6.45, 7) is 6.46. The van der Waals surface area contributed by atoms with Crippen molar-refractivity contribution in [2.75, 3.05) is 12.0 Å². The molecule has 4 nitrogen and oxygen atoms in total. The summed E-state index contributed by atoms with van der Waals surface area (Å²) in [7, 11) is 0. The third-order valence-corrected chi connectivity index (χ3v) is 3.10. The molecular weight excluding hydrogens is 264 g/mol. The molecule has 110 valence electrons. The Balaban J connectivity index is 2.13. The third kappa shape index (κ3) is 3.75. The number of phenolic OH excluding ortho intramolecular Hbond substituents is 1. The molecule has 0 heterocycles. The summed E-state index contributed by atoms with van der Waals surface area (Å²) in [6.07, 6.45) is 1.58. The zero-order valence-corrected chi connectivity index (χ0v) is 12.6. The van der Waals surface area contributed by atoms with E-state index in [-0.39, 0.29) is 5.75 Å². The van der Waals surface area contributed by atoms with Gasteiger partial charge in [0.2, 0.25) is 0 Å². The van der Waals surface area contributed by atoms with Gasteiger partial charge in [0.1, 0.15) is 0 Å². The van der Waals surface area contributed by atoms with Crippen molar-refractivity contribution in [3.63, 3.8) is 0 Å². The van der Waals surface area contributed by atoms with E-state index < -0.39 is 0 Å². The maximum atomic E-state index is 10.1. The van der Waals surface area contributed by atoms with Gasteiger partial charge in [0.15, 0.2) is 11.5 Å². The van der Waals surface area contributed by atoms with E-state index in [2.05, 4.69) is 23.5 Å². The average Bonchev–Trinajstić information content (AvgIpc) is 2.45. The second kappa shape index (κ2) is 6.79. The molecule has 2 aromatic carbocycles. The normalized spacial score (nSPS) is 10.8. The minimum atomic E-state index is 0.102. The van der Waals surface area contributed by atoms with Gasteiger partial charge in [-0.1, -0.05) is 23.8 Å². The van der Waals surface area contributed by atoms with E-state index >= 15 is 0 Å². The van der Waals surface area contributed by atoms with Gasteiger partial charge in [0.05, 0.1) is 18.5 Å². The van der Waals surface area contributed by atoms with Crippen molar-refractivity contribution < 1.29 is 9.84 Å². The van der Waals surface area contributed by atoms with E-state index in [0.29, 0.717) is 17.9 Å². The minimum Gasteiger partial charge on any atom is -0.504 e. The van der Waals surface area contributed by atoms with E-state index in [9.17, 15) is 5.11 Å². The summed E-state index contributed by atoms with van der Waals surface area (Å²) in [5.41, 5.74) is 6.87. The number of rotatable bonds is 5. The molecule has 4 heteroatoms. The summed E-state index contributed by atoms with van der Waals surface area (Å²) in [6, 6.07) is 11.4. The van der Waals surface area contributed by atoms with Gasteiger partial charge in [-0.05, 0) is 44.5 Å². The number of aryl methyl sites for hydroxylation is 2. The smallest absolute Gasteiger partial charge is 0.166 e. The topological polar surface area (TPSA) is 53.8 Å². The molecular formula is C17H20N2O2. The number of nitrogens with zero attached hydrogens (tertiary/aromatic N) is 1. The molecule has 0 unspecified atom stereocenters. The van der Waals surface area contributed by atoms with Crippen LogP contribution in [0, 0.1) is 13.8 Å². The van der Waals surface area contributed by atoms with E-state index in [0.717, 1.165) is 11.3 Å². The lowest BCUT2D eigenvalue weighted by Crippen LogP contribution is -1.96. The summed E-state index contributed by atoms with van der Waals surface area (Å²) < 4.78 is 5.34. The van der Waals surface area contributed by atoms with Gasteiger partial charge in [-0.3, -0.25) is 5.43 Å². The van der Waals surface area contributed by atoms with Gasteiger partial charge in [0.25, 0.3) is 0 Å². The van der Waals surface area contributed by atoms with Gasteiger partial charge in [-0.2, -0.15) is 5.10 Å². The number of benzene rings is 2. The van der Waals surface area contributed by atoms with Crippen LogP contribution in [0.4, 0.5) is 5.69 Å². The summed E-state index contributed by atoms with van der Waals surface area (Å²) in [4.78, 5) is 0. The maximum absolute atomic E-state index is 10.1. The molecule has 0 saturated carbocycles. The Hall–Kier alpha value is -2.49. The largest absolute Gasteiger partial charge is 0.504 e. The third-order valence-electron chi connectivity index (χ3n) is 3.10. The fraction of sp³-hybridized carbons (Fsp3) is 0.235. The predicted molar refractivity (Wildman–Crippen MR) is 86.4 cm³/mol. The molecule has 21 heavy (non-hydrogen) atoms. The number of hydrazone groups is 1. The van der Waals surface area contributed by atoms with Crippen molar-refractivity contribution in [3.05, 3.63) is 53.1 Å². The number of ether oxygens (including phenoxy) is 1. The molecule has 0 atom stereocenters. The zero-order chi connectivity index (χ0) is 15.2. The van der Waals surface area contributed by atoms with Gasteiger partial charge >= 0.3 is 0 Å². The number of hydrogen-bond acceptors (Lipinski definition) is 4. The molecule has 0 aliphatic heterocycles. The van der Waals surface area contributed by atoms with Crippen LogP contribution in [-0.2, 0) is 0 Å². The molecule has 0 aliphatic rings. The highest BCUT2D eigenvalue weighted by atomic mass is 16.5. The first-order valence-corrected chi connectivity index (χ1v) is 6.93. The highest BCUT2D eigenvalue weighted by Gasteiger charge is 2.05. The average molecular weight is 284 g/mol. The fourth-order valence-corrected chi connectivity index (χ4v) is 2.03. The van der Waals surface area contributed by atoms with Crippen LogP contribution in [0.1, 0.15) is 23.6 Å². The molecule has 0 bridgehead atoms. The van der Waals surface area contributed by atoms with Gasteiger partial charge < -0.3 is 9.84 Å². The molecule has 2 N–H and O–H groups in total. The number of aromatic hydroxyl groups is 1. The Bertz CT molecular complexity index is 651. The molecule has 0 radical (unpaired) electrons. The van der Waals surface area contributed by atoms with Crippen LogP contribution < -0.4 is 10.2 Å². The second-order valence-electron chi connectivity index (χ2n) is 4.82. The Kier molecular flexibility index (Phi) is 4.82. The number of hydrogen-bond donors (Lipinski definition) is 2. The quantitative estimate of drug-likeness (QED) is 0.647. The van der Waals surface area contributed by atoms with Crippen molar-refractivity contribution in [1.82, 2.24) is 0 Å². The Labute approximate surface area is 125 Å². The van der Waals surface area contributed by atoms with Crippen LogP contribution >= 0.6 is 0 Å². The number of phenols is 1. The lowest BCUT2D eigenvalue weighted by molar-refractivity contribution is 0.318. The van der Waals surface area contributed by atoms with Crippen molar-refractivity contribution in [2.45, 2.75) is 20.8 Å². The molecule has 2 rings (SSSR count). The van der Waals surface area contributed by atoms with E-state index in [1.54, 1.807) is 18.3 Å². The van der Waals surface area contributed by atoms with E-state index in [1.807, 2.05) is 32.0 Å². The molecule has 0 aliphatic carbocycles. The van der Waals surface area contributed by atoms with Crippen LogP contribution in [0.5, 0.6) is 11.5 Å². The highest BCUT2D eigenvalue weighted by Crippen LogP contribution is 2.28. The van der Waals surface area contributed by atoms with Crippen LogP contribution in [0.15, 0.2) is 41.5 Å². The van der Waals surface area contributed by atoms with Gasteiger partial charge in [0, 0.05) is 5.56 Å². The van der Waals surface area contributed by atoms with Crippen molar-refractivity contribution in [3.8, 4) is 11.5 Å². The van der Waals surface area contributed by atoms with Gasteiger partial charge in [-0.25, -0.2) is 0 Å². The monoisotopic (exact) mass is 284 g/mol. The minimum absolute atomic E-state index is 0.102. The lowest BCUT2D eigenvalue weighted by Gasteiger charge is -2.08. The van der Waals surface area contributed by atoms with Crippen LogP contribution in [0.25, 0.3) is 0 Å². The Morgan fingerprint density at radius 3 is 2.76 bits per heavy atom. The van der Waals surface area contributed by atoms with Crippen molar-refractivity contribution in [2.24, 2.45) is 5.10 Å². The number of nitrogens with one attached hydrogen (secondary N) is 1. The summed E-state index contributed by atoms with van der Waals surface area (Å²) in [5, 5.41) is 14.2. The molecule has 0 aromatic heterocycles. The van der Waals surface area contributed by atoms with Crippen LogP contribution in [0.3, 0.4) is 0 Å². The number of para-hydroxylation sites is 1. The van der Waals surface area contributed by atoms with Crippen molar-refractivity contribution >= 4 is 11.9 Å².